The molecule has 0 spiro atoms. The first-order valence-corrected chi connectivity index (χ1v) is 17.8. The van der Waals surface area contributed by atoms with Crippen LogP contribution in [0.5, 0.6) is 0 Å². The predicted molar refractivity (Wildman–Crippen MR) is 180 cm³/mol. The number of carbonyl (C=O) groups is 2. The molecule has 48 heavy (non-hydrogen) atoms. The first-order chi connectivity index (χ1) is 23.1. The maximum absolute atomic E-state index is 15.5. The molecule has 0 aliphatic carbocycles. The Morgan fingerprint density at radius 2 is 1.81 bits per heavy atom. The largest absolute Gasteiger partial charge is 0.453 e. The molecule has 1 aromatic heterocycles. The molecule has 11 nitrogen and oxygen atoms in total. The fraction of sp³-hybridized carbons (Fsp3) is 0.441. The van der Waals surface area contributed by atoms with Gasteiger partial charge in [0.25, 0.3) is 0 Å². The first kappa shape index (κ1) is 35.7. The summed E-state index contributed by atoms with van der Waals surface area (Å²) in [7, 11) is -2.62. The van der Waals surface area contributed by atoms with Crippen molar-refractivity contribution in [1.29, 1.82) is 0 Å². The van der Waals surface area contributed by atoms with E-state index in [0.717, 1.165) is 11.8 Å². The summed E-state index contributed by atoms with van der Waals surface area (Å²) in [6.07, 6.45) is 3.32. The molecule has 0 bridgehead atoms. The van der Waals surface area contributed by atoms with Crippen LogP contribution >= 0.6 is 11.6 Å². The summed E-state index contributed by atoms with van der Waals surface area (Å²) < 4.78 is 54.9. The fourth-order valence-electron chi connectivity index (χ4n) is 6.72. The maximum Gasteiger partial charge on any atom is 0.407 e. The van der Waals surface area contributed by atoms with Gasteiger partial charge in [-0.3, -0.25) is 9.78 Å². The van der Waals surface area contributed by atoms with Crippen molar-refractivity contribution in [3.8, 4) is 0 Å². The van der Waals surface area contributed by atoms with Gasteiger partial charge in [0.2, 0.25) is 15.9 Å². The van der Waals surface area contributed by atoms with Crippen molar-refractivity contribution < 1.29 is 31.9 Å². The lowest BCUT2D eigenvalue weighted by Crippen LogP contribution is -2.58. The molecule has 258 valence electrons. The lowest BCUT2D eigenvalue weighted by molar-refractivity contribution is -0.119. The molecule has 14 heteroatoms. The molecule has 2 amide bonds. The average molecular weight is 702 g/mol. The molecule has 0 radical (unpaired) electrons. The Morgan fingerprint density at radius 3 is 2.50 bits per heavy atom. The second kappa shape index (κ2) is 16.2. The zero-order valence-corrected chi connectivity index (χ0v) is 28.5. The van der Waals surface area contributed by atoms with Crippen LogP contribution in [-0.2, 0) is 30.7 Å². The highest BCUT2D eigenvalue weighted by Gasteiger charge is 2.40. The SMILES string of the molecule is COC(=O)N[C@H](C(=O)Nc1cncc(F)c1CC[C@H]1CNC[C@H](C)N1S(=O)(=O)c1ccccc1)[C@@H](c1ccc(Cl)cc1)C1CCOCC1. The van der Waals surface area contributed by atoms with Gasteiger partial charge in [0, 0.05) is 54.9 Å². The standard InChI is InChI=1S/C34H41ClFN5O6S/c1-22-18-37-19-26(41(22)48(44,45)27-6-4-3-5-7-27)12-13-28-29(36)20-38-21-30(28)39-33(42)32(40-34(43)46-2)31(24-14-16-47-17-15-24)23-8-10-25(35)11-9-23/h3-11,20-22,24,26,31-32,37H,12-19H2,1-2H3,(H,39,42)(H,40,43)/t22-,26-,31-,32-/m0/s1. The molecule has 0 unspecified atom stereocenters. The number of nitrogens with one attached hydrogen (secondary N) is 3. The third kappa shape index (κ3) is 8.32. The highest BCUT2D eigenvalue weighted by molar-refractivity contribution is 7.89. The van der Waals surface area contributed by atoms with Crippen LogP contribution in [0.4, 0.5) is 14.9 Å². The van der Waals surface area contributed by atoms with Gasteiger partial charge in [-0.25, -0.2) is 17.6 Å². The topological polar surface area (TPSA) is 139 Å². The highest BCUT2D eigenvalue weighted by atomic mass is 35.5. The Labute approximate surface area is 285 Å². The van der Waals surface area contributed by atoms with E-state index in [1.54, 1.807) is 42.5 Å². The van der Waals surface area contributed by atoms with Crippen molar-refractivity contribution in [1.82, 2.24) is 19.9 Å². The Balaban J connectivity index is 1.42. The molecule has 2 fully saturated rings. The van der Waals surface area contributed by atoms with Crippen LogP contribution in [0.15, 0.2) is 71.9 Å². The quantitative estimate of drug-likeness (QED) is 0.261. The molecule has 3 aromatic rings. The number of amides is 2. The number of alkyl carbamates (subject to hydrolysis) is 1. The van der Waals surface area contributed by atoms with Crippen LogP contribution in [0, 0.1) is 11.7 Å². The number of aromatic nitrogens is 1. The number of hydrogen-bond acceptors (Lipinski definition) is 8. The smallest absolute Gasteiger partial charge is 0.407 e. The minimum absolute atomic E-state index is 0.0312. The minimum atomic E-state index is -3.83. The van der Waals surface area contributed by atoms with Gasteiger partial charge >= 0.3 is 6.09 Å². The van der Waals surface area contributed by atoms with Crippen molar-refractivity contribution in [2.24, 2.45) is 5.92 Å². The number of methoxy groups -OCH3 is 1. The van der Waals surface area contributed by atoms with E-state index in [9.17, 15) is 18.0 Å². The third-order valence-electron chi connectivity index (χ3n) is 9.05. The van der Waals surface area contributed by atoms with Gasteiger partial charge in [0.15, 0.2) is 0 Å². The average Bonchev–Trinajstić information content (AvgIpc) is 3.09. The Bertz CT molecular complexity index is 1660. The van der Waals surface area contributed by atoms with Crippen LogP contribution in [-0.4, -0.2) is 81.2 Å². The summed E-state index contributed by atoms with van der Waals surface area (Å²) in [4.78, 5) is 30.9. The molecule has 2 aliphatic heterocycles. The molecule has 2 saturated heterocycles. The number of hydrogen-bond donors (Lipinski definition) is 3. The van der Waals surface area contributed by atoms with Crippen LogP contribution in [0.25, 0.3) is 0 Å². The fourth-order valence-corrected chi connectivity index (χ4v) is 8.71. The van der Waals surface area contributed by atoms with E-state index in [-0.39, 0.29) is 40.9 Å². The second-order valence-corrected chi connectivity index (χ2v) is 14.4. The summed E-state index contributed by atoms with van der Waals surface area (Å²) in [5, 5.41) is 9.36. The summed E-state index contributed by atoms with van der Waals surface area (Å²) in [5.41, 5.74) is 1.10. The van der Waals surface area contributed by atoms with Crippen molar-refractivity contribution in [2.75, 3.05) is 38.7 Å². The van der Waals surface area contributed by atoms with E-state index >= 15 is 4.39 Å². The molecule has 5 rings (SSSR count). The lowest BCUT2D eigenvalue weighted by Gasteiger charge is -2.40. The van der Waals surface area contributed by atoms with Gasteiger partial charge in [-0.05, 0) is 68.4 Å². The van der Waals surface area contributed by atoms with E-state index < -0.39 is 45.8 Å². The van der Waals surface area contributed by atoms with Crippen LogP contribution in [0.1, 0.15) is 43.2 Å². The number of nitrogens with zero attached hydrogens (tertiary/aromatic N) is 2. The molecule has 0 saturated carbocycles. The van der Waals surface area contributed by atoms with E-state index in [1.807, 2.05) is 19.1 Å². The molecule has 2 aliphatic rings. The van der Waals surface area contributed by atoms with Crippen LogP contribution in [0.3, 0.4) is 0 Å². The Morgan fingerprint density at radius 1 is 1.10 bits per heavy atom. The van der Waals surface area contributed by atoms with Crippen molar-refractivity contribution in [2.45, 2.75) is 61.5 Å². The van der Waals surface area contributed by atoms with Gasteiger partial charge in [-0.2, -0.15) is 4.31 Å². The lowest BCUT2D eigenvalue weighted by atomic mass is 9.76. The number of rotatable bonds is 11. The van der Waals surface area contributed by atoms with E-state index in [0.29, 0.717) is 44.2 Å². The number of anilines is 1. The van der Waals surface area contributed by atoms with E-state index in [4.69, 9.17) is 21.1 Å². The van der Waals surface area contributed by atoms with Gasteiger partial charge in [0.1, 0.15) is 11.9 Å². The predicted octanol–water partition coefficient (Wildman–Crippen LogP) is 4.73. The number of ether oxygens (including phenoxy) is 2. The number of carbonyl (C=O) groups excluding carboxylic acids is 2. The minimum Gasteiger partial charge on any atom is -0.453 e. The van der Waals surface area contributed by atoms with Crippen LogP contribution in [0.2, 0.25) is 5.02 Å². The van der Waals surface area contributed by atoms with E-state index in [1.165, 1.54) is 17.6 Å². The number of pyridine rings is 1. The van der Waals surface area contributed by atoms with Gasteiger partial charge in [0.05, 0.1) is 30.1 Å². The van der Waals surface area contributed by atoms with E-state index in [2.05, 4.69) is 20.9 Å². The summed E-state index contributed by atoms with van der Waals surface area (Å²) >= 11 is 6.18. The molecule has 3 N–H and O–H groups in total. The zero-order chi connectivity index (χ0) is 34.3. The van der Waals surface area contributed by atoms with Crippen molar-refractivity contribution in [3.63, 3.8) is 0 Å². The number of halogens is 2. The number of sulfonamides is 1. The molecule has 3 heterocycles. The first-order valence-electron chi connectivity index (χ1n) is 16.0. The Kier molecular flexibility index (Phi) is 12.0. The number of benzene rings is 2. The Hall–Kier alpha value is -3.62. The normalized spacial score (nSPS) is 20.4. The third-order valence-corrected chi connectivity index (χ3v) is 11.4. The van der Waals surface area contributed by atoms with Crippen molar-refractivity contribution >= 4 is 39.3 Å². The highest BCUT2D eigenvalue weighted by Crippen LogP contribution is 2.36. The molecule has 4 atom stereocenters. The summed E-state index contributed by atoms with van der Waals surface area (Å²) in [6, 6.07) is 13.4. The molecular formula is C34H41ClFN5O6S. The van der Waals surface area contributed by atoms with Gasteiger partial charge < -0.3 is 25.4 Å². The summed E-state index contributed by atoms with van der Waals surface area (Å²) in [5.74, 6) is -1.74. The van der Waals surface area contributed by atoms with Gasteiger partial charge in [-0.1, -0.05) is 41.9 Å². The number of piperazine rings is 1. The van der Waals surface area contributed by atoms with Crippen LogP contribution < -0.4 is 16.0 Å². The zero-order valence-electron chi connectivity index (χ0n) is 26.9. The van der Waals surface area contributed by atoms with Crippen molar-refractivity contribution in [3.05, 3.63) is 89.0 Å². The maximum atomic E-state index is 15.5. The molecule has 2 aromatic carbocycles. The summed E-state index contributed by atoms with van der Waals surface area (Å²) in [6.45, 7) is 3.70. The monoisotopic (exact) mass is 701 g/mol. The molecular weight excluding hydrogens is 661 g/mol. The van der Waals surface area contributed by atoms with Gasteiger partial charge in [-0.15, -0.1) is 0 Å². The second-order valence-electron chi connectivity index (χ2n) is 12.1.